The van der Waals surface area contributed by atoms with Gasteiger partial charge in [0, 0.05) is 5.57 Å². The quantitative estimate of drug-likeness (QED) is 0.355. The minimum atomic E-state index is -0.810. The van der Waals surface area contributed by atoms with Crippen LogP contribution < -0.4 is 0 Å². The lowest BCUT2D eigenvalue weighted by molar-refractivity contribution is -0.132. The first-order valence-corrected chi connectivity index (χ1v) is 11.7. The molecule has 3 rings (SSSR count). The molecule has 0 heterocycles. The highest BCUT2D eigenvalue weighted by atomic mass is 16.4. The van der Waals surface area contributed by atoms with Crippen LogP contribution in [0.2, 0.25) is 0 Å². The van der Waals surface area contributed by atoms with Gasteiger partial charge in [-0.25, -0.2) is 4.79 Å². The molecule has 0 amide bonds. The molecule has 1 N–H and O–H groups in total. The van der Waals surface area contributed by atoms with Gasteiger partial charge >= 0.3 is 5.97 Å². The Labute approximate surface area is 182 Å². The van der Waals surface area contributed by atoms with Crippen molar-refractivity contribution in [1.29, 1.82) is 0 Å². The lowest BCUT2D eigenvalue weighted by Crippen LogP contribution is -2.22. The number of benzene rings is 1. The van der Waals surface area contributed by atoms with Crippen LogP contribution in [0.1, 0.15) is 90.3 Å². The number of hydrogen-bond acceptors (Lipinski definition) is 1. The molecular weight excluding hydrogens is 368 g/mol. The summed E-state index contributed by atoms with van der Waals surface area (Å²) in [6.07, 6.45) is 12.0. The topological polar surface area (TPSA) is 37.3 Å². The fourth-order valence-corrected chi connectivity index (χ4v) is 4.93. The van der Waals surface area contributed by atoms with Crippen LogP contribution in [-0.4, -0.2) is 11.1 Å². The van der Waals surface area contributed by atoms with Crippen molar-refractivity contribution in [3.8, 4) is 0 Å². The van der Waals surface area contributed by atoms with Crippen molar-refractivity contribution >= 4 is 17.1 Å². The molecule has 0 saturated heterocycles. The molecular formula is C28H38O2. The second kappa shape index (κ2) is 8.96. The van der Waals surface area contributed by atoms with Gasteiger partial charge in [0.2, 0.25) is 0 Å². The Morgan fingerprint density at radius 1 is 1.27 bits per heavy atom. The molecule has 2 atom stereocenters. The molecule has 30 heavy (non-hydrogen) atoms. The summed E-state index contributed by atoms with van der Waals surface area (Å²) in [5, 5.41) is 9.88. The maximum Gasteiger partial charge on any atom is 0.332 e. The van der Waals surface area contributed by atoms with Crippen molar-refractivity contribution < 1.29 is 9.90 Å². The summed E-state index contributed by atoms with van der Waals surface area (Å²) >= 11 is 0. The second-order valence-corrected chi connectivity index (χ2v) is 10.0. The molecule has 1 saturated carbocycles. The van der Waals surface area contributed by atoms with E-state index in [1.807, 2.05) is 6.92 Å². The van der Waals surface area contributed by atoms with Crippen molar-refractivity contribution in [1.82, 2.24) is 0 Å². The highest BCUT2D eigenvalue weighted by Crippen LogP contribution is 2.45. The first kappa shape index (κ1) is 22.6. The highest BCUT2D eigenvalue weighted by molar-refractivity contribution is 5.99. The number of allylic oxidation sites excluding steroid dienone is 5. The predicted octanol–water partition coefficient (Wildman–Crippen LogP) is 7.65. The van der Waals surface area contributed by atoms with Gasteiger partial charge in [-0.15, -0.1) is 0 Å². The maximum atomic E-state index is 12.0. The van der Waals surface area contributed by atoms with Crippen LogP contribution in [0.5, 0.6) is 0 Å². The van der Waals surface area contributed by atoms with Gasteiger partial charge < -0.3 is 5.11 Å². The van der Waals surface area contributed by atoms with Crippen LogP contribution in [0, 0.1) is 17.8 Å². The summed E-state index contributed by atoms with van der Waals surface area (Å²) in [6, 6.07) is 6.62. The third kappa shape index (κ3) is 4.63. The van der Waals surface area contributed by atoms with Crippen molar-refractivity contribution in [2.75, 3.05) is 0 Å². The van der Waals surface area contributed by atoms with Crippen molar-refractivity contribution in [3.63, 3.8) is 0 Å². The molecule has 1 aromatic carbocycles. The zero-order valence-electron chi connectivity index (χ0n) is 19.6. The second-order valence-electron chi connectivity index (χ2n) is 10.0. The largest absolute Gasteiger partial charge is 0.478 e. The molecule has 0 spiro atoms. The standard InChI is InChI=1S/C28H38O2/c1-7-9-19-16-20(19)10-12-24(22(8-2)27(29)30)21-11-13-26-25(17-21)23(18(3)4)14-15-28(26,5)6/h10-14,17-20H,7-9,15-16H2,1-6H3,(H,29,30)/b12-10+,24-22+/t19-,20-/m0/s1. The smallest absolute Gasteiger partial charge is 0.332 e. The summed E-state index contributed by atoms with van der Waals surface area (Å²) in [5.74, 6) is 1.02. The Balaban J connectivity index is 2.07. The lowest BCUT2D eigenvalue weighted by Gasteiger charge is -2.34. The Hall–Kier alpha value is -2.09. The van der Waals surface area contributed by atoms with E-state index in [1.54, 1.807) is 0 Å². The normalized spacial score (nSPS) is 23.2. The Morgan fingerprint density at radius 3 is 2.60 bits per heavy atom. The van der Waals surface area contributed by atoms with Gasteiger partial charge in [-0.05, 0) is 76.3 Å². The first-order chi connectivity index (χ1) is 14.2. The van der Waals surface area contributed by atoms with E-state index in [4.69, 9.17) is 0 Å². The number of carbonyl (C=O) groups is 1. The molecule has 0 aliphatic heterocycles. The van der Waals surface area contributed by atoms with Crippen molar-refractivity contribution in [2.45, 2.75) is 79.1 Å². The third-order valence-corrected chi connectivity index (χ3v) is 6.91. The van der Waals surface area contributed by atoms with E-state index in [0.717, 1.165) is 23.5 Å². The Kier molecular flexibility index (Phi) is 6.75. The van der Waals surface area contributed by atoms with Crippen LogP contribution in [0.15, 0.2) is 42.0 Å². The van der Waals surface area contributed by atoms with E-state index in [9.17, 15) is 9.90 Å². The minimum Gasteiger partial charge on any atom is -0.478 e. The van der Waals surface area contributed by atoms with Gasteiger partial charge in [0.05, 0.1) is 0 Å². The number of fused-ring (bicyclic) bond motifs is 1. The Morgan fingerprint density at radius 2 is 2.00 bits per heavy atom. The van der Waals surface area contributed by atoms with Crippen LogP contribution in [0.25, 0.3) is 11.1 Å². The summed E-state index contributed by atoms with van der Waals surface area (Å²) in [6.45, 7) is 13.3. The minimum absolute atomic E-state index is 0.105. The molecule has 2 aliphatic carbocycles. The van der Waals surface area contributed by atoms with Crippen LogP contribution >= 0.6 is 0 Å². The third-order valence-electron chi connectivity index (χ3n) is 6.91. The zero-order chi connectivity index (χ0) is 22.1. The maximum absolute atomic E-state index is 12.0. The molecule has 0 aromatic heterocycles. The number of aliphatic carboxylic acids is 1. The predicted molar refractivity (Wildman–Crippen MR) is 127 cm³/mol. The molecule has 0 unspecified atom stereocenters. The summed E-state index contributed by atoms with van der Waals surface area (Å²) in [7, 11) is 0. The van der Waals surface area contributed by atoms with Crippen molar-refractivity contribution in [3.05, 3.63) is 58.7 Å². The lowest BCUT2D eigenvalue weighted by atomic mass is 9.71. The number of carboxylic acid groups (broad SMARTS) is 1. The molecule has 2 heteroatoms. The molecule has 1 fully saturated rings. The fraction of sp³-hybridized carbons (Fsp3) is 0.536. The van der Waals surface area contributed by atoms with Gasteiger partial charge in [0.1, 0.15) is 0 Å². The molecule has 0 radical (unpaired) electrons. The molecule has 2 nitrogen and oxygen atoms in total. The van der Waals surface area contributed by atoms with Crippen LogP contribution in [-0.2, 0) is 10.2 Å². The Bertz CT molecular complexity index is 895. The van der Waals surface area contributed by atoms with Gasteiger partial charge in [0.15, 0.2) is 0 Å². The summed E-state index contributed by atoms with van der Waals surface area (Å²) in [5.41, 5.74) is 6.56. The summed E-state index contributed by atoms with van der Waals surface area (Å²) < 4.78 is 0. The number of hydrogen-bond donors (Lipinski definition) is 1. The van der Waals surface area contributed by atoms with E-state index in [2.05, 4.69) is 71.0 Å². The summed E-state index contributed by atoms with van der Waals surface area (Å²) in [4.78, 5) is 12.0. The van der Waals surface area contributed by atoms with E-state index in [0.29, 0.717) is 23.8 Å². The van der Waals surface area contributed by atoms with Gasteiger partial charge in [-0.2, -0.15) is 0 Å². The van der Waals surface area contributed by atoms with E-state index in [-0.39, 0.29) is 5.41 Å². The molecule has 162 valence electrons. The van der Waals surface area contributed by atoms with E-state index >= 15 is 0 Å². The van der Waals surface area contributed by atoms with E-state index < -0.39 is 5.97 Å². The number of carboxylic acids is 1. The fourth-order valence-electron chi connectivity index (χ4n) is 4.93. The molecule has 2 aliphatic rings. The van der Waals surface area contributed by atoms with Gasteiger partial charge in [-0.3, -0.25) is 0 Å². The van der Waals surface area contributed by atoms with Crippen molar-refractivity contribution in [2.24, 2.45) is 17.8 Å². The van der Waals surface area contributed by atoms with Crippen LogP contribution in [0.3, 0.4) is 0 Å². The SMILES string of the molecule is CCC[C@H]1C[C@@H]1/C=C/C(=C(/CC)C(=O)O)c1ccc2c(c1)C(C(C)C)=CCC2(C)C. The van der Waals surface area contributed by atoms with Gasteiger partial charge in [0.25, 0.3) is 0 Å². The van der Waals surface area contributed by atoms with E-state index in [1.165, 1.54) is 36.0 Å². The highest BCUT2D eigenvalue weighted by Gasteiger charge is 2.34. The zero-order valence-corrected chi connectivity index (χ0v) is 19.6. The van der Waals surface area contributed by atoms with Crippen LogP contribution in [0.4, 0.5) is 0 Å². The molecule has 1 aromatic rings. The van der Waals surface area contributed by atoms with Gasteiger partial charge in [-0.1, -0.05) is 84.7 Å². The molecule has 0 bridgehead atoms. The monoisotopic (exact) mass is 406 g/mol. The number of rotatable bonds is 8. The average molecular weight is 407 g/mol. The first-order valence-electron chi connectivity index (χ1n) is 11.7. The average Bonchev–Trinajstić information content (AvgIpc) is 3.42.